The summed E-state index contributed by atoms with van der Waals surface area (Å²) in [7, 11) is 1.51. The van der Waals surface area contributed by atoms with E-state index in [0.29, 0.717) is 6.42 Å². The van der Waals surface area contributed by atoms with Crippen molar-refractivity contribution in [3.05, 3.63) is 0 Å². The fraction of sp³-hybridized carbons (Fsp3) is 1.00. The minimum absolute atomic E-state index is 0.152. The van der Waals surface area contributed by atoms with Gasteiger partial charge in [0.1, 0.15) is 6.10 Å². The van der Waals surface area contributed by atoms with Gasteiger partial charge in [-0.25, -0.2) is 0 Å². The highest BCUT2D eigenvalue weighted by Crippen LogP contribution is 2.19. The summed E-state index contributed by atoms with van der Waals surface area (Å²) in [6.07, 6.45) is -0.964. The molecule has 1 saturated heterocycles. The lowest BCUT2D eigenvalue weighted by molar-refractivity contribution is -0.127. The predicted molar refractivity (Wildman–Crippen MR) is 44.7 cm³/mol. The van der Waals surface area contributed by atoms with Gasteiger partial charge < -0.3 is 19.7 Å². The van der Waals surface area contributed by atoms with Gasteiger partial charge in [0.15, 0.2) is 6.29 Å². The molecule has 0 aliphatic carbocycles. The zero-order chi connectivity index (χ0) is 9.56. The Balaban J connectivity index is 0.000000561. The average Bonchev–Trinajstić information content (AvgIpc) is 2.49. The molecule has 1 aliphatic rings. The molecule has 3 unspecified atom stereocenters. The van der Waals surface area contributed by atoms with E-state index in [1.807, 2.05) is 13.8 Å². The van der Waals surface area contributed by atoms with Crippen molar-refractivity contribution in [3.8, 4) is 0 Å². The number of aliphatic hydroxyl groups is 2. The smallest absolute Gasteiger partial charge is 0.160 e. The van der Waals surface area contributed by atoms with Crippen molar-refractivity contribution in [3.63, 3.8) is 0 Å². The molecule has 3 atom stereocenters. The molecule has 0 aromatic carbocycles. The van der Waals surface area contributed by atoms with Crippen LogP contribution >= 0.6 is 0 Å². The van der Waals surface area contributed by atoms with Crippen LogP contribution in [0.2, 0.25) is 0 Å². The van der Waals surface area contributed by atoms with E-state index in [0.717, 1.165) is 0 Å². The maximum Gasteiger partial charge on any atom is 0.160 e. The quantitative estimate of drug-likeness (QED) is 0.631. The standard InChI is InChI=1S/C6H12O4.C2H6/c1-9-6-2-4(8)5(3-7)10-6;1-2/h4-8H,2-3H2,1H3;1-2H3. The van der Waals surface area contributed by atoms with Crippen LogP contribution in [0.3, 0.4) is 0 Å². The van der Waals surface area contributed by atoms with Gasteiger partial charge >= 0.3 is 0 Å². The van der Waals surface area contributed by atoms with Crippen molar-refractivity contribution in [1.29, 1.82) is 0 Å². The van der Waals surface area contributed by atoms with E-state index in [2.05, 4.69) is 0 Å². The Morgan fingerprint density at radius 1 is 1.50 bits per heavy atom. The molecule has 2 N–H and O–H groups in total. The van der Waals surface area contributed by atoms with Crippen LogP contribution in [-0.2, 0) is 9.47 Å². The van der Waals surface area contributed by atoms with E-state index in [1.165, 1.54) is 7.11 Å². The summed E-state index contributed by atoms with van der Waals surface area (Å²) >= 11 is 0. The largest absolute Gasteiger partial charge is 0.394 e. The Hall–Kier alpha value is -0.160. The van der Waals surface area contributed by atoms with Crippen molar-refractivity contribution < 1.29 is 19.7 Å². The first-order valence-corrected chi connectivity index (χ1v) is 4.25. The number of aliphatic hydroxyl groups excluding tert-OH is 2. The molecule has 12 heavy (non-hydrogen) atoms. The zero-order valence-corrected chi connectivity index (χ0v) is 7.86. The minimum Gasteiger partial charge on any atom is -0.394 e. The Morgan fingerprint density at radius 2 is 2.08 bits per heavy atom. The normalized spacial score (nSPS) is 34.2. The lowest BCUT2D eigenvalue weighted by atomic mass is 10.2. The summed E-state index contributed by atoms with van der Waals surface area (Å²) in [4.78, 5) is 0. The molecule has 4 heteroatoms. The molecule has 1 rings (SSSR count). The van der Waals surface area contributed by atoms with E-state index in [4.69, 9.17) is 19.7 Å². The second kappa shape index (κ2) is 6.37. The van der Waals surface area contributed by atoms with Crippen molar-refractivity contribution >= 4 is 0 Å². The number of methoxy groups -OCH3 is 1. The van der Waals surface area contributed by atoms with E-state index in [1.54, 1.807) is 0 Å². The van der Waals surface area contributed by atoms with Gasteiger partial charge in [-0.05, 0) is 0 Å². The van der Waals surface area contributed by atoms with E-state index >= 15 is 0 Å². The molecule has 0 spiro atoms. The number of ether oxygens (including phenoxy) is 2. The lowest BCUT2D eigenvalue weighted by Gasteiger charge is -2.09. The first-order valence-electron chi connectivity index (χ1n) is 4.25. The summed E-state index contributed by atoms with van der Waals surface area (Å²) in [5.41, 5.74) is 0. The molecule has 1 heterocycles. The molecule has 0 bridgehead atoms. The van der Waals surface area contributed by atoms with Gasteiger partial charge in [0.2, 0.25) is 0 Å². The highest BCUT2D eigenvalue weighted by molar-refractivity contribution is 4.76. The van der Waals surface area contributed by atoms with Crippen molar-refractivity contribution in [2.75, 3.05) is 13.7 Å². The summed E-state index contributed by atoms with van der Waals surface area (Å²) in [6, 6.07) is 0. The summed E-state index contributed by atoms with van der Waals surface area (Å²) in [6.45, 7) is 3.85. The summed E-state index contributed by atoms with van der Waals surface area (Å²) < 4.78 is 9.87. The highest BCUT2D eigenvalue weighted by atomic mass is 16.7. The van der Waals surface area contributed by atoms with Gasteiger partial charge in [-0.1, -0.05) is 13.8 Å². The maximum absolute atomic E-state index is 9.13. The van der Waals surface area contributed by atoms with Crippen molar-refractivity contribution in [1.82, 2.24) is 0 Å². The lowest BCUT2D eigenvalue weighted by Crippen LogP contribution is -2.24. The van der Waals surface area contributed by atoms with Crippen molar-refractivity contribution in [2.45, 2.75) is 38.8 Å². The predicted octanol–water partition coefficient (Wildman–Crippen LogP) is 0.127. The fourth-order valence-electron chi connectivity index (χ4n) is 1.01. The van der Waals surface area contributed by atoms with Crippen LogP contribution in [0, 0.1) is 0 Å². The Kier molecular flexibility index (Phi) is 6.28. The van der Waals surface area contributed by atoms with Crippen LogP contribution in [0.15, 0.2) is 0 Å². The molecule has 1 aliphatic heterocycles. The first kappa shape index (κ1) is 11.8. The van der Waals surface area contributed by atoms with Gasteiger partial charge in [0, 0.05) is 13.5 Å². The van der Waals surface area contributed by atoms with Crippen molar-refractivity contribution in [2.24, 2.45) is 0 Å². The number of hydrogen-bond acceptors (Lipinski definition) is 4. The Morgan fingerprint density at radius 3 is 2.33 bits per heavy atom. The fourth-order valence-corrected chi connectivity index (χ4v) is 1.01. The van der Waals surface area contributed by atoms with Gasteiger partial charge in [-0.3, -0.25) is 0 Å². The molecule has 74 valence electrons. The van der Waals surface area contributed by atoms with Gasteiger partial charge in [-0.2, -0.15) is 0 Å². The number of hydrogen-bond donors (Lipinski definition) is 2. The second-order valence-electron chi connectivity index (χ2n) is 2.33. The highest BCUT2D eigenvalue weighted by Gasteiger charge is 2.32. The Labute approximate surface area is 73.1 Å². The molecule has 0 aromatic rings. The number of rotatable bonds is 2. The van der Waals surface area contributed by atoms with Crippen LogP contribution in [0.25, 0.3) is 0 Å². The van der Waals surface area contributed by atoms with Crippen LogP contribution in [-0.4, -0.2) is 42.4 Å². The van der Waals surface area contributed by atoms with Crippen LogP contribution in [0.5, 0.6) is 0 Å². The van der Waals surface area contributed by atoms with E-state index in [9.17, 15) is 0 Å². The van der Waals surface area contributed by atoms with Gasteiger partial charge in [0.25, 0.3) is 0 Å². The molecule has 4 nitrogen and oxygen atoms in total. The third kappa shape index (κ3) is 3.06. The molecular formula is C8H18O4. The van der Waals surface area contributed by atoms with Crippen LogP contribution in [0.4, 0.5) is 0 Å². The second-order valence-corrected chi connectivity index (χ2v) is 2.33. The molecule has 0 aromatic heterocycles. The van der Waals surface area contributed by atoms with E-state index in [-0.39, 0.29) is 12.9 Å². The SMILES string of the molecule is CC.COC1CC(O)C(CO)O1. The average molecular weight is 178 g/mol. The monoisotopic (exact) mass is 178 g/mol. The van der Waals surface area contributed by atoms with Gasteiger partial charge in [-0.15, -0.1) is 0 Å². The molecule has 1 fully saturated rings. The molecule has 0 radical (unpaired) electrons. The zero-order valence-electron chi connectivity index (χ0n) is 7.86. The van der Waals surface area contributed by atoms with Gasteiger partial charge in [0.05, 0.1) is 12.7 Å². The minimum atomic E-state index is -0.588. The van der Waals surface area contributed by atoms with E-state index < -0.39 is 12.2 Å². The molecular weight excluding hydrogens is 160 g/mol. The third-order valence-electron chi connectivity index (χ3n) is 1.63. The van der Waals surface area contributed by atoms with Crippen LogP contribution in [0.1, 0.15) is 20.3 Å². The summed E-state index contributed by atoms with van der Waals surface area (Å²) in [5, 5.41) is 17.7. The summed E-state index contributed by atoms with van der Waals surface area (Å²) in [5.74, 6) is 0. The molecule has 0 amide bonds. The Bertz CT molecular complexity index is 107. The first-order chi connectivity index (χ1) is 5.77. The third-order valence-corrected chi connectivity index (χ3v) is 1.63. The molecule has 0 saturated carbocycles. The topological polar surface area (TPSA) is 58.9 Å². The van der Waals surface area contributed by atoms with Crippen LogP contribution < -0.4 is 0 Å². The maximum atomic E-state index is 9.13.